The fourth-order valence-corrected chi connectivity index (χ4v) is 2.52. The molecule has 0 aromatic heterocycles. The molecule has 2 rings (SSSR count). The highest BCUT2D eigenvalue weighted by molar-refractivity contribution is 5.19. The van der Waals surface area contributed by atoms with E-state index in [9.17, 15) is 10.2 Å². The smallest absolute Gasteiger partial charge is 0.115 e. The lowest BCUT2D eigenvalue weighted by Gasteiger charge is -2.29. The van der Waals surface area contributed by atoms with Crippen molar-refractivity contribution in [1.82, 2.24) is 0 Å². The van der Waals surface area contributed by atoms with E-state index in [-0.39, 0.29) is 6.42 Å². The van der Waals surface area contributed by atoms with Gasteiger partial charge >= 0.3 is 0 Å². The summed E-state index contributed by atoms with van der Waals surface area (Å²) in [6, 6.07) is 18.4. The number of aliphatic hydroxyl groups excluding tert-OH is 1. The Kier molecular flexibility index (Phi) is 5.69. The average molecular weight is 300 g/mol. The first kappa shape index (κ1) is 16.6. The Bertz CT molecular complexity index is 558. The van der Waals surface area contributed by atoms with Gasteiger partial charge in [0.15, 0.2) is 0 Å². The van der Waals surface area contributed by atoms with Crippen LogP contribution in [-0.4, -0.2) is 22.0 Å². The number of hydrogen-bond donors (Lipinski definition) is 4. The fourth-order valence-electron chi connectivity index (χ4n) is 2.52. The van der Waals surface area contributed by atoms with E-state index in [0.717, 1.165) is 11.1 Å². The van der Waals surface area contributed by atoms with Gasteiger partial charge in [0.25, 0.3) is 0 Å². The standard InChI is InChI=1S/C18H24N2O2/c19-16(17(21)15-9-5-2-6-10-15)13-18(20,22)12-11-14-7-3-1-4-8-14/h1-10,16-17,21-22H,11-13,19-20H2. The van der Waals surface area contributed by atoms with Crippen molar-refractivity contribution in [2.45, 2.75) is 37.1 Å². The van der Waals surface area contributed by atoms with Crippen LogP contribution in [0.4, 0.5) is 0 Å². The molecule has 0 aliphatic rings. The third kappa shape index (κ3) is 4.93. The molecule has 0 aliphatic heterocycles. The highest BCUT2D eigenvalue weighted by Gasteiger charge is 2.28. The highest BCUT2D eigenvalue weighted by Crippen LogP contribution is 2.22. The van der Waals surface area contributed by atoms with Crippen molar-refractivity contribution in [3.63, 3.8) is 0 Å². The van der Waals surface area contributed by atoms with Crippen molar-refractivity contribution < 1.29 is 10.2 Å². The lowest BCUT2D eigenvalue weighted by atomic mass is 9.92. The van der Waals surface area contributed by atoms with Gasteiger partial charge in [0.05, 0.1) is 6.10 Å². The zero-order chi connectivity index (χ0) is 16.0. The van der Waals surface area contributed by atoms with Crippen molar-refractivity contribution in [3.8, 4) is 0 Å². The van der Waals surface area contributed by atoms with Gasteiger partial charge in [0.2, 0.25) is 0 Å². The number of rotatable bonds is 7. The maximum absolute atomic E-state index is 10.3. The summed E-state index contributed by atoms with van der Waals surface area (Å²) in [6.07, 6.45) is 0.359. The average Bonchev–Trinajstić information content (AvgIpc) is 2.54. The van der Waals surface area contributed by atoms with Gasteiger partial charge in [-0.2, -0.15) is 0 Å². The second-order valence-corrected chi connectivity index (χ2v) is 5.81. The minimum Gasteiger partial charge on any atom is -0.387 e. The molecule has 0 spiro atoms. The van der Waals surface area contributed by atoms with Crippen LogP contribution < -0.4 is 11.5 Å². The summed E-state index contributed by atoms with van der Waals surface area (Å²) >= 11 is 0. The number of nitrogens with two attached hydrogens (primary N) is 2. The monoisotopic (exact) mass is 300 g/mol. The van der Waals surface area contributed by atoms with Crippen LogP contribution >= 0.6 is 0 Å². The molecular weight excluding hydrogens is 276 g/mol. The summed E-state index contributed by atoms with van der Waals surface area (Å²) in [5, 5.41) is 20.6. The summed E-state index contributed by atoms with van der Waals surface area (Å²) in [5.41, 5.74) is 12.4. The van der Waals surface area contributed by atoms with E-state index >= 15 is 0 Å². The summed E-state index contributed by atoms with van der Waals surface area (Å²) in [5.74, 6) is 0. The predicted molar refractivity (Wildman–Crippen MR) is 87.9 cm³/mol. The van der Waals surface area contributed by atoms with Gasteiger partial charge in [-0.05, 0) is 24.0 Å². The van der Waals surface area contributed by atoms with Gasteiger partial charge in [-0.3, -0.25) is 0 Å². The Balaban J connectivity index is 1.90. The SMILES string of the molecule is NC(CC(N)(O)CCc1ccccc1)C(O)c1ccccc1. The Morgan fingerprint density at radius 3 is 2.09 bits per heavy atom. The van der Waals surface area contributed by atoms with E-state index in [2.05, 4.69) is 0 Å². The number of aliphatic hydroxyl groups is 2. The first-order chi connectivity index (χ1) is 10.5. The molecular formula is C18H24N2O2. The topological polar surface area (TPSA) is 92.5 Å². The third-order valence-electron chi connectivity index (χ3n) is 3.83. The summed E-state index contributed by atoms with van der Waals surface area (Å²) in [4.78, 5) is 0. The van der Waals surface area contributed by atoms with Gasteiger partial charge in [0.1, 0.15) is 5.72 Å². The lowest BCUT2D eigenvalue weighted by Crippen LogP contribution is -2.47. The molecule has 22 heavy (non-hydrogen) atoms. The molecule has 0 saturated heterocycles. The molecule has 0 fully saturated rings. The zero-order valence-corrected chi connectivity index (χ0v) is 12.6. The fraction of sp³-hybridized carbons (Fsp3) is 0.333. The van der Waals surface area contributed by atoms with E-state index in [1.807, 2.05) is 60.7 Å². The van der Waals surface area contributed by atoms with Gasteiger partial charge in [-0.1, -0.05) is 60.7 Å². The molecule has 3 unspecified atom stereocenters. The molecule has 6 N–H and O–H groups in total. The second-order valence-electron chi connectivity index (χ2n) is 5.81. The van der Waals surface area contributed by atoms with Crippen molar-refractivity contribution in [1.29, 1.82) is 0 Å². The van der Waals surface area contributed by atoms with E-state index in [0.29, 0.717) is 12.8 Å². The van der Waals surface area contributed by atoms with E-state index in [1.165, 1.54) is 0 Å². The minimum atomic E-state index is -1.40. The number of hydrogen-bond acceptors (Lipinski definition) is 4. The molecule has 2 aromatic rings. The summed E-state index contributed by atoms with van der Waals surface area (Å²) in [7, 11) is 0. The van der Waals surface area contributed by atoms with E-state index in [1.54, 1.807) is 0 Å². The summed E-state index contributed by atoms with van der Waals surface area (Å²) in [6.45, 7) is 0. The second kappa shape index (κ2) is 7.51. The van der Waals surface area contributed by atoms with Crippen LogP contribution in [0.15, 0.2) is 60.7 Å². The molecule has 0 heterocycles. The van der Waals surface area contributed by atoms with Gasteiger partial charge in [0, 0.05) is 12.5 Å². The molecule has 2 aromatic carbocycles. The van der Waals surface area contributed by atoms with Crippen molar-refractivity contribution in [3.05, 3.63) is 71.8 Å². The van der Waals surface area contributed by atoms with Crippen molar-refractivity contribution in [2.24, 2.45) is 11.5 Å². The first-order valence-corrected chi connectivity index (χ1v) is 7.52. The van der Waals surface area contributed by atoms with Crippen LogP contribution in [0.5, 0.6) is 0 Å². The molecule has 4 heteroatoms. The number of aryl methyl sites for hydroxylation is 1. The maximum atomic E-state index is 10.3. The van der Waals surface area contributed by atoms with E-state index in [4.69, 9.17) is 11.5 Å². The van der Waals surface area contributed by atoms with Gasteiger partial charge < -0.3 is 21.7 Å². The molecule has 118 valence electrons. The quantitative estimate of drug-likeness (QED) is 0.586. The normalized spacial score (nSPS) is 16.7. The van der Waals surface area contributed by atoms with Crippen LogP contribution in [0.2, 0.25) is 0 Å². The highest BCUT2D eigenvalue weighted by atomic mass is 16.3. The maximum Gasteiger partial charge on any atom is 0.115 e. The Morgan fingerprint density at radius 1 is 0.955 bits per heavy atom. The number of benzene rings is 2. The molecule has 3 atom stereocenters. The molecule has 0 amide bonds. The van der Waals surface area contributed by atoms with Gasteiger partial charge in [-0.25, -0.2) is 0 Å². The zero-order valence-electron chi connectivity index (χ0n) is 12.6. The predicted octanol–water partition coefficient (Wildman–Crippen LogP) is 1.72. The Hall–Kier alpha value is -1.72. The first-order valence-electron chi connectivity index (χ1n) is 7.52. The summed E-state index contributed by atoms with van der Waals surface area (Å²) < 4.78 is 0. The van der Waals surface area contributed by atoms with Crippen molar-refractivity contribution in [2.75, 3.05) is 0 Å². The van der Waals surface area contributed by atoms with E-state index < -0.39 is 17.9 Å². The van der Waals surface area contributed by atoms with Crippen LogP contribution in [-0.2, 0) is 6.42 Å². The molecule has 0 aliphatic carbocycles. The van der Waals surface area contributed by atoms with Gasteiger partial charge in [-0.15, -0.1) is 0 Å². The van der Waals surface area contributed by atoms with Crippen LogP contribution in [0.25, 0.3) is 0 Å². The lowest BCUT2D eigenvalue weighted by molar-refractivity contribution is 0.00469. The third-order valence-corrected chi connectivity index (χ3v) is 3.83. The largest absolute Gasteiger partial charge is 0.387 e. The molecule has 4 nitrogen and oxygen atoms in total. The van der Waals surface area contributed by atoms with Crippen molar-refractivity contribution >= 4 is 0 Å². The minimum absolute atomic E-state index is 0.135. The Morgan fingerprint density at radius 2 is 1.50 bits per heavy atom. The van der Waals surface area contributed by atoms with Crippen LogP contribution in [0, 0.1) is 0 Å². The van der Waals surface area contributed by atoms with Crippen LogP contribution in [0.3, 0.4) is 0 Å². The molecule has 0 radical (unpaired) electrons. The molecule has 0 saturated carbocycles. The van der Waals surface area contributed by atoms with Crippen LogP contribution in [0.1, 0.15) is 30.1 Å². The molecule has 0 bridgehead atoms. The Labute approximate surface area is 131 Å².